The summed E-state index contributed by atoms with van der Waals surface area (Å²) in [7, 11) is 0. The minimum Gasteiger partial charge on any atom is -0.455 e. The molecule has 0 N–H and O–H groups in total. The molecule has 0 aliphatic rings. The summed E-state index contributed by atoms with van der Waals surface area (Å²) < 4.78 is 9.17. The minimum absolute atomic E-state index is 0.00706. The smallest absolute Gasteiger partial charge is 0.167 e. The number of benzene rings is 6. The third-order valence-corrected chi connectivity index (χ3v) is 12.2. The molecule has 58 heavy (non-hydrogen) atoms. The van der Waals surface area contributed by atoms with Gasteiger partial charge in [-0.1, -0.05) is 124 Å². The third kappa shape index (κ3) is 5.64. The molecule has 0 atom stereocenters. The van der Waals surface area contributed by atoms with Crippen LogP contribution in [0.4, 0.5) is 0 Å². The molecule has 5 heterocycles. The molecular weight excluding hydrogens is 733 g/mol. The van der Waals surface area contributed by atoms with Crippen LogP contribution in [0.5, 0.6) is 0 Å². The molecule has 0 amide bonds. The summed E-state index contributed by atoms with van der Waals surface area (Å²) in [6.45, 7) is 6.66. The maximum absolute atomic E-state index is 6.86. The molecule has 276 valence electrons. The molecule has 0 bridgehead atoms. The lowest BCUT2D eigenvalue weighted by atomic mass is 9.87. The van der Waals surface area contributed by atoms with Crippen LogP contribution < -0.4 is 0 Å². The molecule has 0 aliphatic heterocycles. The number of furan rings is 1. The van der Waals surface area contributed by atoms with Crippen molar-refractivity contribution in [2.24, 2.45) is 0 Å². The lowest BCUT2D eigenvalue weighted by molar-refractivity contribution is 0.590. The first-order valence-electron chi connectivity index (χ1n) is 19.3. The number of hydrogen-bond acceptors (Lipinski definition) is 8. The summed E-state index contributed by atoms with van der Waals surface area (Å²) in [6, 6.07) is 45.8. The molecule has 0 saturated heterocycles. The van der Waals surface area contributed by atoms with Gasteiger partial charge in [0, 0.05) is 77.2 Å². The first-order valence-corrected chi connectivity index (χ1v) is 20.1. The molecule has 11 rings (SSSR count). The Morgan fingerprint density at radius 1 is 0.466 bits per heavy atom. The number of aromatic nitrogens is 6. The van der Waals surface area contributed by atoms with Gasteiger partial charge in [0.1, 0.15) is 11.2 Å². The fraction of sp³-hybridized carbons (Fsp3) is 0.0800. The average molecular weight is 767 g/mol. The predicted octanol–water partition coefficient (Wildman–Crippen LogP) is 13.1. The quantitative estimate of drug-likeness (QED) is 0.172. The van der Waals surface area contributed by atoms with E-state index in [1.54, 1.807) is 11.3 Å². The van der Waals surface area contributed by atoms with Gasteiger partial charge in [-0.3, -0.25) is 4.98 Å². The summed E-state index contributed by atoms with van der Waals surface area (Å²) in [6.07, 6.45) is 5.60. The molecule has 11 aromatic rings. The Morgan fingerprint density at radius 2 is 1.07 bits per heavy atom. The van der Waals surface area contributed by atoms with Crippen molar-refractivity contribution in [3.63, 3.8) is 0 Å². The van der Waals surface area contributed by atoms with Crippen molar-refractivity contribution in [3.8, 4) is 56.7 Å². The standard InChI is InChI=1S/C50H34N6OS/c1-50(2,3)32-24-22-29(23-25-32)46-54-48(56-49(55-46)40-20-9-17-37-36-16-6-13-33(44(36)58-45(37)40)30-12-10-26-51-27-30)39-19-8-15-35-34-14-7-18-38(42(34)57-43(35)39)47-52-28-31-11-4-5-21-41(31)53-47/h4-28H,1-3H3. The Balaban J connectivity index is 1.13. The zero-order valence-electron chi connectivity index (χ0n) is 31.9. The first kappa shape index (κ1) is 34.1. The molecule has 0 aliphatic carbocycles. The lowest BCUT2D eigenvalue weighted by Crippen LogP contribution is -2.10. The Bertz CT molecular complexity index is 3380. The van der Waals surface area contributed by atoms with E-state index >= 15 is 0 Å². The van der Waals surface area contributed by atoms with Crippen molar-refractivity contribution in [1.29, 1.82) is 0 Å². The number of hydrogen-bond donors (Lipinski definition) is 0. The number of nitrogens with zero attached hydrogens (tertiary/aromatic N) is 6. The minimum atomic E-state index is 0.00706. The number of para-hydroxylation sites is 3. The number of thiophene rings is 1. The van der Waals surface area contributed by atoms with Crippen LogP contribution in [-0.4, -0.2) is 29.9 Å². The van der Waals surface area contributed by atoms with Crippen molar-refractivity contribution in [3.05, 3.63) is 158 Å². The van der Waals surface area contributed by atoms with Crippen LogP contribution in [-0.2, 0) is 5.41 Å². The topological polar surface area (TPSA) is 90.5 Å². The van der Waals surface area contributed by atoms with E-state index in [-0.39, 0.29) is 5.41 Å². The SMILES string of the molecule is CC(C)(C)c1ccc(-c2nc(-c3cccc4c3oc3c(-c5ncc6ccccc6n5)cccc34)nc(-c3cccc4c3sc3c(-c5cccnc5)cccc34)n2)cc1. The second-order valence-corrected chi connectivity index (χ2v) is 16.6. The zero-order chi connectivity index (χ0) is 39.0. The van der Waals surface area contributed by atoms with Crippen LogP contribution >= 0.6 is 11.3 Å². The van der Waals surface area contributed by atoms with E-state index in [9.17, 15) is 0 Å². The van der Waals surface area contributed by atoms with Crippen LogP contribution in [0.1, 0.15) is 26.3 Å². The van der Waals surface area contributed by atoms with Gasteiger partial charge < -0.3 is 4.42 Å². The Hall–Kier alpha value is -7.16. The van der Waals surface area contributed by atoms with Gasteiger partial charge in [-0.15, -0.1) is 11.3 Å². The Kier molecular flexibility index (Phi) is 7.78. The predicted molar refractivity (Wildman–Crippen MR) is 237 cm³/mol. The van der Waals surface area contributed by atoms with Gasteiger partial charge in [-0.2, -0.15) is 0 Å². The summed E-state index contributed by atoms with van der Waals surface area (Å²) in [4.78, 5) is 29.8. The number of pyridine rings is 1. The summed E-state index contributed by atoms with van der Waals surface area (Å²) >= 11 is 1.76. The van der Waals surface area contributed by atoms with Gasteiger partial charge >= 0.3 is 0 Å². The van der Waals surface area contributed by atoms with Crippen molar-refractivity contribution in [2.45, 2.75) is 26.2 Å². The summed E-state index contributed by atoms with van der Waals surface area (Å²) in [5, 5.41) is 5.26. The second kappa shape index (κ2) is 13.2. The molecule has 6 aromatic carbocycles. The van der Waals surface area contributed by atoms with Gasteiger partial charge in [0.15, 0.2) is 23.3 Å². The Labute approximate surface area is 337 Å². The fourth-order valence-corrected chi connectivity index (χ4v) is 9.23. The van der Waals surface area contributed by atoms with Gasteiger partial charge in [0.2, 0.25) is 0 Å². The van der Waals surface area contributed by atoms with Crippen molar-refractivity contribution < 1.29 is 4.42 Å². The largest absolute Gasteiger partial charge is 0.455 e. The third-order valence-electron chi connectivity index (χ3n) is 10.9. The van der Waals surface area contributed by atoms with Gasteiger partial charge in [-0.25, -0.2) is 24.9 Å². The molecular formula is C50H34N6OS. The highest BCUT2D eigenvalue weighted by molar-refractivity contribution is 7.26. The maximum Gasteiger partial charge on any atom is 0.167 e. The van der Waals surface area contributed by atoms with E-state index < -0.39 is 0 Å². The van der Waals surface area contributed by atoms with Crippen molar-refractivity contribution in [1.82, 2.24) is 29.9 Å². The van der Waals surface area contributed by atoms with E-state index in [1.165, 1.54) is 15.6 Å². The number of fused-ring (bicyclic) bond motifs is 7. The maximum atomic E-state index is 6.86. The second-order valence-electron chi connectivity index (χ2n) is 15.6. The van der Waals surface area contributed by atoms with Crippen LogP contribution in [0, 0.1) is 0 Å². The van der Waals surface area contributed by atoms with E-state index in [4.69, 9.17) is 29.3 Å². The molecule has 0 unspecified atom stereocenters. The van der Waals surface area contributed by atoms with Crippen molar-refractivity contribution in [2.75, 3.05) is 0 Å². The van der Waals surface area contributed by atoms with Crippen LogP contribution in [0.3, 0.4) is 0 Å². The Morgan fingerprint density at radius 3 is 1.76 bits per heavy atom. The molecule has 8 heteroatoms. The normalized spacial score (nSPS) is 12.1. The molecule has 7 nitrogen and oxygen atoms in total. The number of rotatable bonds is 5. The monoisotopic (exact) mass is 766 g/mol. The molecule has 5 aromatic heterocycles. The fourth-order valence-electron chi connectivity index (χ4n) is 7.89. The average Bonchev–Trinajstić information content (AvgIpc) is 3.85. The molecule has 0 radical (unpaired) electrons. The van der Waals surface area contributed by atoms with Gasteiger partial charge in [0.05, 0.1) is 16.6 Å². The molecule has 0 fully saturated rings. The van der Waals surface area contributed by atoms with Crippen LogP contribution in [0.2, 0.25) is 0 Å². The zero-order valence-corrected chi connectivity index (χ0v) is 32.8. The first-order chi connectivity index (χ1) is 28.4. The summed E-state index contributed by atoms with van der Waals surface area (Å²) in [5.41, 5.74) is 9.22. The van der Waals surface area contributed by atoms with Gasteiger partial charge in [-0.05, 0) is 41.3 Å². The van der Waals surface area contributed by atoms with Crippen LogP contribution in [0.25, 0.3) is 110 Å². The highest BCUT2D eigenvalue weighted by Crippen LogP contribution is 2.44. The van der Waals surface area contributed by atoms with E-state index in [0.717, 1.165) is 65.1 Å². The van der Waals surface area contributed by atoms with E-state index in [0.29, 0.717) is 34.5 Å². The molecule has 0 saturated carbocycles. The summed E-state index contributed by atoms with van der Waals surface area (Å²) in [5.74, 6) is 2.32. The molecule has 0 spiro atoms. The van der Waals surface area contributed by atoms with Crippen LogP contribution in [0.15, 0.2) is 156 Å². The van der Waals surface area contributed by atoms with E-state index in [1.807, 2.05) is 73.2 Å². The highest BCUT2D eigenvalue weighted by atomic mass is 32.1. The lowest BCUT2D eigenvalue weighted by Gasteiger charge is -2.19. The van der Waals surface area contributed by atoms with E-state index in [2.05, 4.69) is 105 Å². The highest BCUT2D eigenvalue weighted by Gasteiger charge is 2.22. The van der Waals surface area contributed by atoms with Crippen molar-refractivity contribution >= 4 is 64.4 Å². The van der Waals surface area contributed by atoms with Gasteiger partial charge in [0.25, 0.3) is 0 Å².